The summed E-state index contributed by atoms with van der Waals surface area (Å²) in [6.45, 7) is 10.2. The number of aromatic amines is 1. The Hall–Kier alpha value is -3.83. The van der Waals surface area contributed by atoms with Crippen LogP contribution in [-0.4, -0.2) is 66.4 Å². The van der Waals surface area contributed by atoms with Crippen LogP contribution in [0.15, 0.2) is 94.6 Å². The fourth-order valence-electron chi connectivity index (χ4n) is 6.49. The van der Waals surface area contributed by atoms with E-state index in [2.05, 4.69) is 37.3 Å². The van der Waals surface area contributed by atoms with E-state index in [0.29, 0.717) is 12.0 Å². The van der Waals surface area contributed by atoms with Gasteiger partial charge in [0.15, 0.2) is 0 Å². The lowest BCUT2D eigenvalue weighted by Gasteiger charge is -2.38. The van der Waals surface area contributed by atoms with Crippen LogP contribution in [0.2, 0.25) is 0 Å². The molecule has 0 bridgehead atoms. The summed E-state index contributed by atoms with van der Waals surface area (Å²) in [6.07, 6.45) is -0.00636. The number of nitrogens with one attached hydrogen (secondary N) is 1. The van der Waals surface area contributed by atoms with E-state index in [4.69, 9.17) is 28.0 Å². The summed E-state index contributed by atoms with van der Waals surface area (Å²) < 4.78 is 41.2. The van der Waals surface area contributed by atoms with Crippen LogP contribution < -0.4 is 20.7 Å². The molecule has 3 aromatic carbocycles. The average Bonchev–Trinajstić information content (AvgIpc) is 3.52. The zero-order valence-corrected chi connectivity index (χ0v) is 30.9. The van der Waals surface area contributed by atoms with Crippen molar-refractivity contribution in [1.29, 1.82) is 0 Å². The molecular weight excluding hydrogens is 657 g/mol. The van der Waals surface area contributed by atoms with Gasteiger partial charge in [-0.25, -0.2) is 9.46 Å². The van der Waals surface area contributed by atoms with Crippen molar-refractivity contribution in [3.8, 4) is 11.5 Å². The topological polar surface area (TPSA) is 113 Å². The lowest BCUT2D eigenvalue weighted by Crippen LogP contribution is -2.39. The van der Waals surface area contributed by atoms with E-state index in [9.17, 15) is 9.59 Å². The SMILES string of the molecule is COc1ccc(C(OC[C@H]2O[C@@H](n3cc(C)c(=O)[nH]c3=O)C[C@@H]2OP(OC)N(C(C)C)C(C)C)(c2ccccc2)c2ccc(OC)cc2)cc1. The number of hydrogen-bond donors (Lipinski definition) is 1. The van der Waals surface area contributed by atoms with Gasteiger partial charge in [0, 0.05) is 37.4 Å². The first kappa shape index (κ1) is 37.4. The zero-order valence-electron chi connectivity index (χ0n) is 30.0. The summed E-state index contributed by atoms with van der Waals surface area (Å²) in [7, 11) is 3.41. The van der Waals surface area contributed by atoms with Gasteiger partial charge in [-0.15, -0.1) is 0 Å². The normalized spacial score (nSPS) is 18.6. The van der Waals surface area contributed by atoms with Gasteiger partial charge >= 0.3 is 5.69 Å². The van der Waals surface area contributed by atoms with Gasteiger partial charge in [-0.3, -0.25) is 14.3 Å². The lowest BCUT2D eigenvalue weighted by molar-refractivity contribution is -0.0924. The molecule has 5 rings (SSSR count). The highest BCUT2D eigenvalue weighted by molar-refractivity contribution is 7.44. The Morgan fingerprint density at radius 1 is 0.860 bits per heavy atom. The molecule has 4 aromatic rings. The van der Waals surface area contributed by atoms with Crippen LogP contribution in [0, 0.1) is 6.92 Å². The minimum atomic E-state index is -1.50. The molecule has 0 radical (unpaired) electrons. The second-order valence-corrected chi connectivity index (χ2v) is 14.3. The highest BCUT2D eigenvalue weighted by Crippen LogP contribution is 2.50. The first-order valence-electron chi connectivity index (χ1n) is 16.8. The molecule has 1 unspecified atom stereocenters. The van der Waals surface area contributed by atoms with Crippen LogP contribution in [0.25, 0.3) is 0 Å². The Morgan fingerprint density at radius 3 is 1.90 bits per heavy atom. The third-order valence-electron chi connectivity index (χ3n) is 8.90. The quantitative estimate of drug-likeness (QED) is 0.109. The van der Waals surface area contributed by atoms with Crippen LogP contribution in [0.5, 0.6) is 11.5 Å². The molecular formula is C38H48N3O8P. The van der Waals surface area contributed by atoms with Crippen molar-refractivity contribution in [3.63, 3.8) is 0 Å². The Bertz CT molecular complexity index is 1740. The molecule has 0 saturated carbocycles. The molecule has 4 atom stereocenters. The van der Waals surface area contributed by atoms with Gasteiger partial charge in [0.25, 0.3) is 14.1 Å². The van der Waals surface area contributed by atoms with Crippen LogP contribution in [-0.2, 0) is 24.1 Å². The molecule has 268 valence electrons. The number of nitrogens with zero attached hydrogens (tertiary/aromatic N) is 2. The fourth-order valence-corrected chi connectivity index (χ4v) is 8.09. The summed E-state index contributed by atoms with van der Waals surface area (Å²) in [5.74, 6) is 1.44. The Labute approximate surface area is 295 Å². The largest absolute Gasteiger partial charge is 0.497 e. The van der Waals surface area contributed by atoms with Gasteiger partial charge in [0.1, 0.15) is 29.4 Å². The molecule has 0 spiro atoms. The van der Waals surface area contributed by atoms with E-state index >= 15 is 0 Å². The lowest BCUT2D eigenvalue weighted by atomic mass is 9.80. The van der Waals surface area contributed by atoms with E-state index < -0.39 is 43.8 Å². The number of benzene rings is 3. The number of ether oxygens (including phenoxy) is 4. The number of rotatable bonds is 15. The molecule has 0 amide bonds. The molecule has 1 aliphatic rings. The summed E-state index contributed by atoms with van der Waals surface area (Å²) in [6, 6.07) is 26.0. The Kier molecular flexibility index (Phi) is 12.3. The standard InChI is InChI=1S/C38H48N3O8P/c1-25(2)41(26(3)4)50(46-8)49-33-22-35(40-23-27(5)36(42)39-37(40)43)48-34(33)24-47-38(28-12-10-9-11-13-28,29-14-18-31(44-6)19-15-29)30-16-20-32(45-7)21-17-30/h9-21,23,25-26,33-35H,22,24H2,1-8H3,(H,39,42,43)/t33-,34+,35+,50?/m0/s1. The Balaban J connectivity index is 1.60. The number of methoxy groups -OCH3 is 2. The minimum Gasteiger partial charge on any atom is -0.497 e. The van der Waals surface area contributed by atoms with E-state index in [1.807, 2.05) is 78.9 Å². The zero-order chi connectivity index (χ0) is 36.0. The molecule has 0 aliphatic carbocycles. The number of aromatic nitrogens is 2. The van der Waals surface area contributed by atoms with Crippen LogP contribution in [0.3, 0.4) is 0 Å². The maximum Gasteiger partial charge on any atom is 0.330 e. The van der Waals surface area contributed by atoms with Crippen LogP contribution in [0.1, 0.15) is 62.6 Å². The predicted octanol–water partition coefficient (Wildman–Crippen LogP) is 6.54. The van der Waals surface area contributed by atoms with Crippen molar-refractivity contribution in [1.82, 2.24) is 14.2 Å². The maximum absolute atomic E-state index is 13.0. The van der Waals surface area contributed by atoms with Crippen molar-refractivity contribution in [3.05, 3.63) is 128 Å². The average molecular weight is 706 g/mol. The number of hydrogen-bond acceptors (Lipinski definition) is 9. The molecule has 1 aliphatic heterocycles. The van der Waals surface area contributed by atoms with Gasteiger partial charge in [-0.1, -0.05) is 54.6 Å². The maximum atomic E-state index is 13.0. The summed E-state index contributed by atoms with van der Waals surface area (Å²) in [5, 5.41) is 0. The predicted molar refractivity (Wildman–Crippen MR) is 194 cm³/mol. The van der Waals surface area contributed by atoms with Gasteiger partial charge < -0.3 is 28.0 Å². The third-order valence-corrected chi connectivity index (χ3v) is 11.0. The van der Waals surface area contributed by atoms with E-state index in [1.54, 1.807) is 28.3 Å². The molecule has 1 saturated heterocycles. The first-order valence-corrected chi connectivity index (χ1v) is 17.9. The molecule has 1 aromatic heterocycles. The molecule has 12 heteroatoms. The van der Waals surface area contributed by atoms with E-state index in [1.165, 1.54) is 10.8 Å². The summed E-state index contributed by atoms with van der Waals surface area (Å²) >= 11 is 0. The smallest absolute Gasteiger partial charge is 0.330 e. The third kappa shape index (κ3) is 7.89. The van der Waals surface area contributed by atoms with Crippen molar-refractivity contribution in [2.24, 2.45) is 0 Å². The molecule has 50 heavy (non-hydrogen) atoms. The van der Waals surface area contributed by atoms with Gasteiger partial charge in [0.05, 0.1) is 26.9 Å². The molecule has 11 nitrogen and oxygen atoms in total. The Morgan fingerprint density at radius 2 is 1.40 bits per heavy atom. The van der Waals surface area contributed by atoms with Gasteiger partial charge in [0.2, 0.25) is 0 Å². The molecule has 1 N–H and O–H groups in total. The van der Waals surface area contributed by atoms with Crippen LogP contribution >= 0.6 is 8.53 Å². The summed E-state index contributed by atoms with van der Waals surface area (Å²) in [4.78, 5) is 27.7. The first-order chi connectivity index (χ1) is 24.0. The number of aryl methyl sites for hydroxylation is 1. The van der Waals surface area contributed by atoms with Crippen molar-refractivity contribution >= 4 is 8.53 Å². The van der Waals surface area contributed by atoms with E-state index in [-0.39, 0.29) is 18.7 Å². The van der Waals surface area contributed by atoms with Crippen molar-refractivity contribution in [2.45, 2.75) is 77.2 Å². The second kappa shape index (κ2) is 16.5. The number of H-pyrrole nitrogens is 1. The summed E-state index contributed by atoms with van der Waals surface area (Å²) in [5.41, 5.74) is 0.970. The monoisotopic (exact) mass is 705 g/mol. The molecule has 2 heterocycles. The van der Waals surface area contributed by atoms with Crippen molar-refractivity contribution in [2.75, 3.05) is 27.9 Å². The second-order valence-electron chi connectivity index (χ2n) is 12.8. The van der Waals surface area contributed by atoms with Crippen molar-refractivity contribution < 1.29 is 28.0 Å². The minimum absolute atomic E-state index is 0.0848. The molecule has 1 fully saturated rings. The fraction of sp³-hybridized carbons (Fsp3) is 0.421. The van der Waals surface area contributed by atoms with E-state index in [0.717, 1.165) is 28.2 Å². The van der Waals surface area contributed by atoms with Gasteiger partial charge in [-0.05, 0) is 75.6 Å². The highest BCUT2D eigenvalue weighted by Gasteiger charge is 2.45. The highest BCUT2D eigenvalue weighted by atomic mass is 31.2. The van der Waals surface area contributed by atoms with Gasteiger partial charge in [-0.2, -0.15) is 0 Å². The van der Waals surface area contributed by atoms with Crippen LogP contribution in [0.4, 0.5) is 0 Å².